The summed E-state index contributed by atoms with van der Waals surface area (Å²) in [6, 6.07) is 13.8. The number of anilines is 3. The third-order valence-corrected chi connectivity index (χ3v) is 7.36. The van der Waals surface area contributed by atoms with Gasteiger partial charge in [0.05, 0.1) is 18.4 Å². The zero-order valence-corrected chi connectivity index (χ0v) is 21.9. The van der Waals surface area contributed by atoms with Crippen LogP contribution >= 0.6 is 0 Å². The number of benzene rings is 2. The van der Waals surface area contributed by atoms with E-state index in [2.05, 4.69) is 15.3 Å². The molecule has 1 amide bonds. The Hall–Kier alpha value is -4.80. The van der Waals surface area contributed by atoms with Crippen LogP contribution in [0.5, 0.6) is 5.75 Å². The number of halogens is 2. The van der Waals surface area contributed by atoms with E-state index in [1.807, 2.05) is 53.1 Å². The first kappa shape index (κ1) is 25.5. The molecule has 2 aliphatic heterocycles. The number of ether oxygens (including phenoxy) is 1. The van der Waals surface area contributed by atoms with Gasteiger partial charge in [-0.25, -0.2) is 18.7 Å². The summed E-state index contributed by atoms with van der Waals surface area (Å²) in [7, 11) is 1.73. The lowest BCUT2D eigenvalue weighted by molar-refractivity contribution is -0.112. The molecule has 1 unspecified atom stereocenters. The molecule has 0 spiro atoms. The number of aromatic nitrogens is 3. The number of fused-ring (bicyclic) bond motifs is 3. The number of amides is 1. The molecular weight excluding hydrogens is 518 g/mol. The molecule has 4 aromatic rings. The van der Waals surface area contributed by atoms with Crippen LogP contribution in [-0.2, 0) is 11.8 Å². The van der Waals surface area contributed by atoms with Crippen LogP contribution in [0.1, 0.15) is 16.2 Å². The number of hydrogen-bond acceptors (Lipinski definition) is 7. The van der Waals surface area contributed by atoms with Crippen molar-refractivity contribution in [2.75, 3.05) is 41.4 Å². The minimum Gasteiger partial charge on any atom is -0.489 e. The number of carbonyl (C=O) groups excluding carboxylic acids is 2. The van der Waals surface area contributed by atoms with E-state index in [0.717, 1.165) is 23.7 Å². The maximum atomic E-state index is 15.5. The van der Waals surface area contributed by atoms with Gasteiger partial charge >= 0.3 is 0 Å². The number of nitrogens with zero attached hydrogens (tertiary/aromatic N) is 5. The Morgan fingerprint density at radius 2 is 1.80 bits per heavy atom. The molecule has 1 atom stereocenters. The number of hydrogen-bond donors (Lipinski definition) is 1. The van der Waals surface area contributed by atoms with Crippen LogP contribution in [0.3, 0.4) is 0 Å². The highest BCUT2D eigenvalue weighted by molar-refractivity contribution is 6.47. The number of aryl methyl sites for hydroxylation is 1. The van der Waals surface area contributed by atoms with Gasteiger partial charge in [-0.15, -0.1) is 0 Å². The second-order valence-electron chi connectivity index (χ2n) is 9.87. The standard InChI is InChI=1S/C29H26F2N6O3/c1-17-10-22(18-6-4-3-5-7-18)25(35(17)2)27(38)28(39)34-20-11-23(31)26-24(12-20)40-16-21-15-36(8-9-37(21)26)29-32-13-19(30)14-33-29/h3-7,10-14,21H,8-9,15-16H2,1-2H3,(H,34,39). The zero-order chi connectivity index (χ0) is 28.0. The molecule has 1 fully saturated rings. The summed E-state index contributed by atoms with van der Waals surface area (Å²) in [5.41, 5.74) is 2.96. The van der Waals surface area contributed by atoms with Gasteiger partial charge in [-0.1, -0.05) is 30.3 Å². The third-order valence-electron chi connectivity index (χ3n) is 7.36. The first-order valence-corrected chi connectivity index (χ1v) is 12.8. The van der Waals surface area contributed by atoms with Gasteiger partial charge < -0.3 is 24.4 Å². The number of nitrogens with one attached hydrogen (secondary N) is 1. The van der Waals surface area contributed by atoms with Gasteiger partial charge in [0, 0.05) is 49.7 Å². The highest BCUT2D eigenvalue weighted by Crippen LogP contribution is 2.40. The van der Waals surface area contributed by atoms with Gasteiger partial charge in [0.15, 0.2) is 11.6 Å². The monoisotopic (exact) mass is 544 g/mol. The van der Waals surface area contributed by atoms with Crippen molar-refractivity contribution in [3.63, 3.8) is 0 Å². The van der Waals surface area contributed by atoms with E-state index in [0.29, 0.717) is 36.8 Å². The van der Waals surface area contributed by atoms with Gasteiger partial charge in [-0.2, -0.15) is 0 Å². The molecule has 2 aromatic heterocycles. The second kappa shape index (κ2) is 10.1. The van der Waals surface area contributed by atoms with Crippen LogP contribution in [0.2, 0.25) is 0 Å². The molecule has 2 aliphatic rings. The Kier molecular flexibility index (Phi) is 6.41. The fraction of sp³-hybridized carbons (Fsp3) is 0.241. The second-order valence-corrected chi connectivity index (χ2v) is 9.87. The van der Waals surface area contributed by atoms with E-state index in [1.54, 1.807) is 11.6 Å². The molecule has 1 saturated heterocycles. The van der Waals surface area contributed by atoms with Crippen LogP contribution in [0.4, 0.5) is 26.1 Å². The predicted molar refractivity (Wildman–Crippen MR) is 146 cm³/mol. The molecule has 1 N–H and O–H groups in total. The molecule has 0 bridgehead atoms. The minimum atomic E-state index is -0.876. The summed E-state index contributed by atoms with van der Waals surface area (Å²) >= 11 is 0. The van der Waals surface area contributed by atoms with E-state index in [-0.39, 0.29) is 29.8 Å². The maximum absolute atomic E-state index is 15.5. The van der Waals surface area contributed by atoms with Gasteiger partial charge in [-0.05, 0) is 24.6 Å². The number of rotatable bonds is 5. The molecular formula is C29H26F2N6O3. The Balaban J connectivity index is 1.21. The van der Waals surface area contributed by atoms with Crippen molar-refractivity contribution in [3.05, 3.63) is 83.9 Å². The van der Waals surface area contributed by atoms with Crippen molar-refractivity contribution in [2.45, 2.75) is 13.0 Å². The Morgan fingerprint density at radius 3 is 2.55 bits per heavy atom. The van der Waals surface area contributed by atoms with Crippen LogP contribution in [0.25, 0.3) is 11.1 Å². The van der Waals surface area contributed by atoms with Gasteiger partial charge in [0.2, 0.25) is 5.95 Å². The van der Waals surface area contributed by atoms with Gasteiger partial charge in [0.1, 0.15) is 23.7 Å². The van der Waals surface area contributed by atoms with E-state index >= 15 is 4.39 Å². The Morgan fingerprint density at radius 1 is 1.05 bits per heavy atom. The van der Waals surface area contributed by atoms with Crippen LogP contribution in [0.15, 0.2) is 60.9 Å². The largest absolute Gasteiger partial charge is 0.489 e. The van der Waals surface area contributed by atoms with Gasteiger partial charge in [0.25, 0.3) is 11.7 Å². The lowest BCUT2D eigenvalue weighted by Crippen LogP contribution is -2.58. The molecule has 0 aliphatic carbocycles. The van der Waals surface area contributed by atoms with Crippen molar-refractivity contribution in [3.8, 4) is 16.9 Å². The normalized spacial score (nSPS) is 16.1. The maximum Gasteiger partial charge on any atom is 0.298 e. The summed E-state index contributed by atoms with van der Waals surface area (Å²) < 4.78 is 36.2. The van der Waals surface area contributed by atoms with E-state index < -0.39 is 23.3 Å². The molecule has 40 heavy (non-hydrogen) atoms. The summed E-state index contributed by atoms with van der Waals surface area (Å²) in [6.45, 7) is 3.57. The van der Waals surface area contributed by atoms with Crippen LogP contribution in [-0.4, -0.2) is 58.5 Å². The zero-order valence-electron chi connectivity index (χ0n) is 21.9. The third kappa shape index (κ3) is 4.53. The molecule has 9 nitrogen and oxygen atoms in total. The quantitative estimate of drug-likeness (QED) is 0.300. The predicted octanol–water partition coefficient (Wildman–Crippen LogP) is 3.98. The Bertz CT molecular complexity index is 1610. The summed E-state index contributed by atoms with van der Waals surface area (Å²) in [5, 5.41) is 2.56. The lowest BCUT2D eigenvalue weighted by atomic mass is 10.0. The van der Waals surface area contributed by atoms with Crippen molar-refractivity contribution in [1.29, 1.82) is 0 Å². The summed E-state index contributed by atoms with van der Waals surface area (Å²) in [5.74, 6) is -2.01. The molecule has 204 valence electrons. The van der Waals surface area contributed by atoms with Crippen molar-refractivity contribution in [2.24, 2.45) is 7.05 Å². The van der Waals surface area contributed by atoms with Crippen molar-refractivity contribution < 1.29 is 23.1 Å². The summed E-state index contributed by atoms with van der Waals surface area (Å²) in [4.78, 5) is 38.3. The molecule has 0 radical (unpaired) electrons. The first-order chi connectivity index (χ1) is 19.3. The first-order valence-electron chi connectivity index (χ1n) is 12.8. The number of carbonyl (C=O) groups is 2. The molecule has 2 aromatic carbocycles. The van der Waals surface area contributed by atoms with Gasteiger partial charge in [-0.3, -0.25) is 9.59 Å². The summed E-state index contributed by atoms with van der Waals surface area (Å²) in [6.07, 6.45) is 2.23. The van der Waals surface area contributed by atoms with Crippen molar-refractivity contribution in [1.82, 2.24) is 14.5 Å². The number of Topliss-reactive ketones (excluding diaryl/α,β-unsaturated/α-hetero) is 1. The highest BCUT2D eigenvalue weighted by atomic mass is 19.1. The highest BCUT2D eigenvalue weighted by Gasteiger charge is 2.36. The molecule has 0 saturated carbocycles. The van der Waals surface area contributed by atoms with Crippen molar-refractivity contribution >= 4 is 29.0 Å². The smallest absolute Gasteiger partial charge is 0.298 e. The minimum absolute atomic E-state index is 0.124. The van der Waals surface area contributed by atoms with Crippen LogP contribution < -0.4 is 19.9 Å². The topological polar surface area (TPSA) is 92.6 Å². The average Bonchev–Trinajstić information content (AvgIpc) is 3.26. The fourth-order valence-corrected chi connectivity index (χ4v) is 5.30. The van der Waals surface area contributed by atoms with Crippen LogP contribution in [0, 0.1) is 18.6 Å². The lowest BCUT2D eigenvalue weighted by Gasteiger charge is -2.45. The SMILES string of the molecule is Cc1cc(-c2ccccc2)c(C(=O)C(=O)Nc2cc(F)c3c(c2)OCC2CN(c4ncc(F)cn4)CCN32)n1C. The number of ketones is 1. The molecule has 6 rings (SSSR count). The fourth-order valence-electron chi connectivity index (χ4n) is 5.30. The Labute approximate surface area is 229 Å². The molecule has 4 heterocycles. The van der Waals surface area contributed by atoms with E-state index in [4.69, 9.17) is 4.74 Å². The molecule has 11 heteroatoms. The number of piperazine rings is 1. The van der Waals surface area contributed by atoms with E-state index in [9.17, 15) is 14.0 Å². The average molecular weight is 545 g/mol. The van der Waals surface area contributed by atoms with E-state index in [1.165, 1.54) is 12.1 Å².